The summed E-state index contributed by atoms with van der Waals surface area (Å²) in [6.07, 6.45) is 32.4. The van der Waals surface area contributed by atoms with Crippen molar-refractivity contribution in [2.75, 3.05) is 6.61 Å². The van der Waals surface area contributed by atoms with E-state index in [4.69, 9.17) is 9.16 Å². The molecule has 238 valence electrons. The largest absolute Gasteiger partial charge is 0.462 e. The Bertz CT molecular complexity index is 593. The van der Waals surface area contributed by atoms with Crippen LogP contribution in [0.1, 0.15) is 182 Å². The molecule has 4 heteroatoms. The molecular formula is C36H72O3Si. The Morgan fingerprint density at radius 3 is 1.75 bits per heavy atom. The van der Waals surface area contributed by atoms with E-state index in [1.54, 1.807) is 0 Å². The number of rotatable bonds is 28. The van der Waals surface area contributed by atoms with Gasteiger partial charge in [0.15, 0.2) is 8.32 Å². The standard InChI is InChI=1S/C36H72O3Si/c1-8-10-12-14-15-17-21-24-28-32-35(37)39-34(30-26-13-11-9-2)31-27-23-20-18-16-19-22-25-29-33-38-40(6,7)36(3,4)5/h23,27,34H,8-22,24-26,28-33H2,1-7H3/b27-23-. The summed E-state index contributed by atoms with van der Waals surface area (Å²) < 4.78 is 12.2. The SMILES string of the molecule is CCCCCCCCCCCC(=O)OC(C/C=C\CCCCCCCCO[Si](C)(C)C(C)(C)C)CCCCCC. The Morgan fingerprint density at radius 2 is 1.18 bits per heavy atom. The number of allylic oxidation sites excluding steroid dienone is 1. The smallest absolute Gasteiger partial charge is 0.306 e. The molecule has 0 aliphatic carbocycles. The maximum Gasteiger partial charge on any atom is 0.306 e. The van der Waals surface area contributed by atoms with Crippen molar-refractivity contribution in [2.24, 2.45) is 0 Å². The number of unbranched alkanes of at least 4 members (excludes halogenated alkanes) is 17. The molecule has 0 fully saturated rings. The minimum Gasteiger partial charge on any atom is -0.462 e. The summed E-state index contributed by atoms with van der Waals surface area (Å²) in [4.78, 5) is 12.5. The average molecular weight is 581 g/mol. The fraction of sp³-hybridized carbons (Fsp3) is 0.917. The number of hydrogen-bond donors (Lipinski definition) is 0. The van der Waals surface area contributed by atoms with Crippen molar-refractivity contribution in [2.45, 2.75) is 207 Å². The first-order valence-corrected chi connectivity index (χ1v) is 20.5. The van der Waals surface area contributed by atoms with Crippen molar-refractivity contribution in [1.82, 2.24) is 0 Å². The van der Waals surface area contributed by atoms with Crippen LogP contribution in [0.25, 0.3) is 0 Å². The lowest BCUT2D eigenvalue weighted by atomic mass is 10.1. The van der Waals surface area contributed by atoms with E-state index in [-0.39, 0.29) is 12.1 Å². The van der Waals surface area contributed by atoms with E-state index in [0.717, 1.165) is 38.7 Å². The third kappa shape index (κ3) is 24.0. The van der Waals surface area contributed by atoms with E-state index in [1.165, 1.54) is 109 Å². The van der Waals surface area contributed by atoms with Crippen molar-refractivity contribution in [3.8, 4) is 0 Å². The Kier molecular flexibility index (Phi) is 25.6. The fourth-order valence-corrected chi connectivity index (χ4v) is 5.92. The normalized spacial score (nSPS) is 13.3. The zero-order valence-corrected chi connectivity index (χ0v) is 29.4. The summed E-state index contributed by atoms with van der Waals surface area (Å²) in [5, 5.41) is 0.309. The predicted octanol–water partition coefficient (Wildman–Crippen LogP) is 12.5. The zero-order valence-electron chi connectivity index (χ0n) is 28.4. The highest BCUT2D eigenvalue weighted by atomic mass is 28.4. The van der Waals surface area contributed by atoms with Crippen LogP contribution in [0.5, 0.6) is 0 Å². The van der Waals surface area contributed by atoms with Gasteiger partial charge in [0.05, 0.1) is 0 Å². The molecule has 0 saturated carbocycles. The van der Waals surface area contributed by atoms with Gasteiger partial charge >= 0.3 is 5.97 Å². The maximum atomic E-state index is 12.5. The molecule has 3 nitrogen and oxygen atoms in total. The molecule has 0 saturated heterocycles. The molecule has 0 aromatic heterocycles. The van der Waals surface area contributed by atoms with Crippen LogP contribution in [0.3, 0.4) is 0 Å². The van der Waals surface area contributed by atoms with Crippen LogP contribution >= 0.6 is 0 Å². The van der Waals surface area contributed by atoms with Crippen LogP contribution in [0.4, 0.5) is 0 Å². The van der Waals surface area contributed by atoms with Crippen molar-refractivity contribution in [3.05, 3.63) is 12.2 Å². The third-order valence-electron chi connectivity index (χ3n) is 8.76. The van der Waals surface area contributed by atoms with Crippen LogP contribution in [0.15, 0.2) is 12.2 Å². The molecular weight excluding hydrogens is 508 g/mol. The first kappa shape index (κ1) is 39.4. The van der Waals surface area contributed by atoms with Crippen LogP contribution in [0, 0.1) is 0 Å². The van der Waals surface area contributed by atoms with Gasteiger partial charge in [0, 0.05) is 19.4 Å². The monoisotopic (exact) mass is 581 g/mol. The molecule has 0 aliphatic rings. The van der Waals surface area contributed by atoms with Crippen LogP contribution < -0.4 is 0 Å². The van der Waals surface area contributed by atoms with Crippen LogP contribution in [-0.2, 0) is 14.0 Å². The zero-order chi connectivity index (χ0) is 30.0. The predicted molar refractivity (Wildman–Crippen MR) is 180 cm³/mol. The van der Waals surface area contributed by atoms with Gasteiger partial charge in [-0.05, 0) is 56.7 Å². The molecule has 0 aromatic carbocycles. The van der Waals surface area contributed by atoms with Crippen molar-refractivity contribution < 1.29 is 14.0 Å². The maximum absolute atomic E-state index is 12.5. The lowest BCUT2D eigenvalue weighted by Crippen LogP contribution is -2.40. The van der Waals surface area contributed by atoms with Gasteiger partial charge in [-0.25, -0.2) is 0 Å². The van der Waals surface area contributed by atoms with Crippen molar-refractivity contribution in [1.29, 1.82) is 0 Å². The Balaban J connectivity index is 4.00. The minimum atomic E-state index is -1.58. The third-order valence-corrected chi connectivity index (χ3v) is 13.3. The summed E-state index contributed by atoms with van der Waals surface area (Å²) in [6, 6.07) is 0. The second-order valence-electron chi connectivity index (χ2n) is 13.8. The molecule has 0 radical (unpaired) electrons. The Hall–Kier alpha value is -0.613. The molecule has 1 unspecified atom stereocenters. The van der Waals surface area contributed by atoms with E-state index in [0.29, 0.717) is 11.5 Å². The average Bonchev–Trinajstić information content (AvgIpc) is 2.89. The van der Waals surface area contributed by atoms with E-state index in [9.17, 15) is 4.79 Å². The van der Waals surface area contributed by atoms with E-state index >= 15 is 0 Å². The lowest BCUT2D eigenvalue weighted by Gasteiger charge is -2.36. The number of esters is 1. The van der Waals surface area contributed by atoms with Crippen LogP contribution in [-0.4, -0.2) is 27.0 Å². The molecule has 0 aliphatic heterocycles. The molecule has 1 atom stereocenters. The van der Waals surface area contributed by atoms with Crippen molar-refractivity contribution in [3.63, 3.8) is 0 Å². The van der Waals surface area contributed by atoms with Gasteiger partial charge < -0.3 is 9.16 Å². The second-order valence-corrected chi connectivity index (χ2v) is 18.6. The molecule has 0 bridgehead atoms. The second kappa shape index (κ2) is 26.0. The van der Waals surface area contributed by atoms with E-state index in [2.05, 4.69) is 59.9 Å². The van der Waals surface area contributed by atoms with Gasteiger partial charge in [0.25, 0.3) is 0 Å². The Labute approximate surface area is 253 Å². The van der Waals surface area contributed by atoms with E-state index in [1.807, 2.05) is 0 Å². The first-order chi connectivity index (χ1) is 19.1. The van der Waals surface area contributed by atoms with Gasteiger partial charge in [-0.3, -0.25) is 4.79 Å². The highest BCUT2D eigenvalue weighted by Gasteiger charge is 2.36. The lowest BCUT2D eigenvalue weighted by molar-refractivity contribution is -0.149. The van der Waals surface area contributed by atoms with E-state index < -0.39 is 8.32 Å². The molecule has 0 N–H and O–H groups in total. The highest BCUT2D eigenvalue weighted by molar-refractivity contribution is 6.74. The summed E-state index contributed by atoms with van der Waals surface area (Å²) in [5.41, 5.74) is 0. The van der Waals surface area contributed by atoms with Crippen LogP contribution in [0.2, 0.25) is 18.1 Å². The molecule has 0 aromatic rings. The molecule has 0 rings (SSSR count). The summed E-state index contributed by atoms with van der Waals surface area (Å²) >= 11 is 0. The minimum absolute atomic E-state index is 0.0200. The fourth-order valence-electron chi connectivity index (χ4n) is 4.83. The molecule has 0 spiro atoms. The topological polar surface area (TPSA) is 35.5 Å². The van der Waals surface area contributed by atoms with Gasteiger partial charge in [-0.15, -0.1) is 0 Å². The molecule has 40 heavy (non-hydrogen) atoms. The van der Waals surface area contributed by atoms with Gasteiger partial charge in [0.2, 0.25) is 0 Å². The summed E-state index contributed by atoms with van der Waals surface area (Å²) in [7, 11) is -1.58. The number of ether oxygens (including phenoxy) is 1. The summed E-state index contributed by atoms with van der Waals surface area (Å²) in [5.74, 6) is 0.0200. The number of carbonyl (C=O) groups excluding carboxylic acids is 1. The quantitative estimate of drug-likeness (QED) is 0.0399. The Morgan fingerprint density at radius 1 is 0.675 bits per heavy atom. The summed E-state index contributed by atoms with van der Waals surface area (Å²) in [6.45, 7) is 17.1. The first-order valence-electron chi connectivity index (χ1n) is 17.6. The van der Waals surface area contributed by atoms with Crippen molar-refractivity contribution >= 4 is 14.3 Å². The van der Waals surface area contributed by atoms with Gasteiger partial charge in [0.1, 0.15) is 6.10 Å². The van der Waals surface area contributed by atoms with Gasteiger partial charge in [-0.2, -0.15) is 0 Å². The molecule has 0 heterocycles. The number of carbonyl (C=O) groups is 1. The molecule has 0 amide bonds. The van der Waals surface area contributed by atoms with Gasteiger partial charge in [-0.1, -0.05) is 143 Å². The number of hydrogen-bond acceptors (Lipinski definition) is 3. The highest BCUT2D eigenvalue weighted by Crippen LogP contribution is 2.36.